The molecule has 9 nitrogen and oxygen atoms in total. The minimum atomic E-state index is -4.66. The number of alkyl halides is 3. The molecular formula is C22H22F3N6O3+. The SMILES string of the molecule is O=C(CC1CCC1)Nc1cc(NC(=O)Nc2c[n+](Cc3ccccn3)no2)cc(C(F)(F)F)c1. The second-order valence-corrected chi connectivity index (χ2v) is 8.01. The molecule has 4 rings (SSSR count). The lowest BCUT2D eigenvalue weighted by Gasteiger charge is -2.24. The van der Waals surface area contributed by atoms with Gasteiger partial charge in [0.05, 0.1) is 5.56 Å². The van der Waals surface area contributed by atoms with Gasteiger partial charge in [0, 0.05) is 24.0 Å². The Hall–Kier alpha value is -3.96. The van der Waals surface area contributed by atoms with Crippen LogP contribution in [0, 0.1) is 5.92 Å². The Morgan fingerprint density at radius 1 is 1.09 bits per heavy atom. The van der Waals surface area contributed by atoms with Crippen molar-refractivity contribution >= 4 is 29.2 Å². The Labute approximate surface area is 192 Å². The Morgan fingerprint density at radius 2 is 1.85 bits per heavy atom. The average Bonchev–Trinajstić information content (AvgIpc) is 3.17. The van der Waals surface area contributed by atoms with Gasteiger partial charge in [0.1, 0.15) is 5.69 Å². The number of aromatic nitrogens is 3. The molecule has 0 spiro atoms. The van der Waals surface area contributed by atoms with Crippen LogP contribution < -0.4 is 20.6 Å². The predicted molar refractivity (Wildman–Crippen MR) is 115 cm³/mol. The molecule has 12 heteroatoms. The molecule has 2 heterocycles. The normalized spacial score (nSPS) is 13.7. The lowest BCUT2D eigenvalue weighted by molar-refractivity contribution is -0.755. The third-order valence-corrected chi connectivity index (χ3v) is 5.30. The quantitative estimate of drug-likeness (QED) is 0.444. The van der Waals surface area contributed by atoms with Crippen molar-refractivity contribution in [3.05, 3.63) is 60.0 Å². The molecule has 3 aromatic rings. The van der Waals surface area contributed by atoms with Gasteiger partial charge in [-0.1, -0.05) is 12.5 Å². The van der Waals surface area contributed by atoms with Gasteiger partial charge in [-0.15, -0.1) is 0 Å². The van der Waals surface area contributed by atoms with Crippen molar-refractivity contribution in [1.82, 2.24) is 10.3 Å². The van der Waals surface area contributed by atoms with Crippen molar-refractivity contribution in [3.63, 3.8) is 0 Å². The second kappa shape index (κ2) is 9.89. The van der Waals surface area contributed by atoms with Gasteiger partial charge in [0.25, 0.3) is 6.20 Å². The molecule has 1 saturated carbocycles. The number of anilines is 3. The molecule has 178 valence electrons. The molecule has 1 fully saturated rings. The Morgan fingerprint density at radius 3 is 2.50 bits per heavy atom. The van der Waals surface area contributed by atoms with Crippen LogP contribution in [0.2, 0.25) is 0 Å². The fourth-order valence-corrected chi connectivity index (χ4v) is 3.45. The van der Waals surface area contributed by atoms with Crippen LogP contribution >= 0.6 is 0 Å². The number of carbonyl (C=O) groups excluding carboxylic acids is 2. The van der Waals surface area contributed by atoms with E-state index in [1.165, 1.54) is 16.9 Å². The summed E-state index contributed by atoms with van der Waals surface area (Å²) in [5, 5.41) is 11.0. The number of hydrogen-bond acceptors (Lipinski definition) is 5. The summed E-state index contributed by atoms with van der Waals surface area (Å²) < 4.78 is 46.5. The number of benzene rings is 1. The molecule has 1 aliphatic rings. The highest BCUT2D eigenvalue weighted by molar-refractivity contribution is 5.99. The number of pyridine rings is 1. The minimum absolute atomic E-state index is 0.0190. The van der Waals surface area contributed by atoms with E-state index in [9.17, 15) is 22.8 Å². The van der Waals surface area contributed by atoms with E-state index in [0.29, 0.717) is 12.2 Å². The molecule has 1 aliphatic carbocycles. The summed E-state index contributed by atoms with van der Waals surface area (Å²) in [6.45, 7) is 0.297. The van der Waals surface area contributed by atoms with Crippen LogP contribution in [0.1, 0.15) is 36.9 Å². The zero-order valence-corrected chi connectivity index (χ0v) is 17.9. The van der Waals surface area contributed by atoms with Crippen molar-refractivity contribution in [2.45, 2.75) is 38.4 Å². The van der Waals surface area contributed by atoms with E-state index in [1.54, 1.807) is 18.3 Å². The van der Waals surface area contributed by atoms with E-state index >= 15 is 0 Å². The van der Waals surface area contributed by atoms with E-state index in [2.05, 4.69) is 26.2 Å². The maximum atomic E-state index is 13.4. The molecule has 1 aromatic carbocycles. The highest BCUT2D eigenvalue weighted by Crippen LogP contribution is 2.34. The number of halogens is 3. The molecule has 3 amide bonds. The maximum Gasteiger partial charge on any atom is 0.416 e. The van der Waals surface area contributed by atoms with Gasteiger partial charge in [-0.3, -0.25) is 19.6 Å². The minimum Gasteiger partial charge on any atom is -0.326 e. The van der Waals surface area contributed by atoms with Crippen molar-refractivity contribution in [2.24, 2.45) is 5.92 Å². The highest BCUT2D eigenvalue weighted by atomic mass is 19.4. The topological polar surface area (TPSA) is 113 Å². The molecule has 0 aliphatic heterocycles. The van der Waals surface area contributed by atoms with E-state index in [1.807, 2.05) is 6.07 Å². The number of amides is 3. The number of nitrogens with zero attached hydrogens (tertiary/aromatic N) is 3. The summed E-state index contributed by atoms with van der Waals surface area (Å²) in [5.41, 5.74) is -0.487. The molecule has 0 atom stereocenters. The van der Waals surface area contributed by atoms with Crippen LogP contribution in [0.4, 0.5) is 35.2 Å². The smallest absolute Gasteiger partial charge is 0.326 e. The van der Waals surface area contributed by atoms with Crippen LogP contribution in [-0.2, 0) is 17.5 Å². The van der Waals surface area contributed by atoms with Gasteiger partial charge in [-0.05, 0) is 53.8 Å². The second-order valence-electron chi connectivity index (χ2n) is 8.01. The first-order chi connectivity index (χ1) is 16.2. The van der Waals surface area contributed by atoms with Crippen LogP contribution in [-0.4, -0.2) is 22.2 Å². The summed E-state index contributed by atoms with van der Waals surface area (Å²) in [4.78, 5) is 28.7. The fraction of sp³-hybridized carbons (Fsp3) is 0.318. The third-order valence-electron chi connectivity index (χ3n) is 5.30. The lowest BCUT2D eigenvalue weighted by Crippen LogP contribution is -2.35. The van der Waals surface area contributed by atoms with Gasteiger partial charge in [-0.2, -0.15) is 13.2 Å². The Bertz CT molecular complexity index is 1160. The molecular weight excluding hydrogens is 453 g/mol. The van der Waals surface area contributed by atoms with E-state index in [0.717, 1.165) is 31.4 Å². The van der Waals surface area contributed by atoms with Gasteiger partial charge in [-0.25, -0.2) is 4.79 Å². The first-order valence-corrected chi connectivity index (χ1v) is 10.6. The van der Waals surface area contributed by atoms with Gasteiger partial charge in [0.2, 0.25) is 17.7 Å². The van der Waals surface area contributed by atoms with E-state index < -0.39 is 17.8 Å². The largest absolute Gasteiger partial charge is 0.416 e. The first kappa shape index (κ1) is 23.2. The average molecular weight is 475 g/mol. The summed E-state index contributed by atoms with van der Waals surface area (Å²) in [7, 11) is 0. The third kappa shape index (κ3) is 6.30. The molecule has 0 radical (unpaired) electrons. The van der Waals surface area contributed by atoms with Crippen molar-refractivity contribution in [2.75, 3.05) is 16.0 Å². The first-order valence-electron chi connectivity index (χ1n) is 10.6. The molecule has 0 bridgehead atoms. The van der Waals surface area contributed by atoms with Crippen molar-refractivity contribution in [3.8, 4) is 0 Å². The number of hydrogen-bond donors (Lipinski definition) is 3. The van der Waals surface area contributed by atoms with E-state index in [-0.39, 0.29) is 35.5 Å². The molecule has 3 N–H and O–H groups in total. The lowest BCUT2D eigenvalue weighted by atomic mass is 9.83. The number of nitrogens with one attached hydrogen (secondary N) is 3. The van der Waals surface area contributed by atoms with Crippen LogP contribution in [0.25, 0.3) is 0 Å². The van der Waals surface area contributed by atoms with Crippen molar-refractivity contribution in [1.29, 1.82) is 0 Å². The summed E-state index contributed by atoms with van der Waals surface area (Å²) >= 11 is 0. The zero-order valence-electron chi connectivity index (χ0n) is 17.9. The van der Waals surface area contributed by atoms with Gasteiger partial charge >= 0.3 is 18.1 Å². The van der Waals surface area contributed by atoms with Crippen LogP contribution in [0.3, 0.4) is 0 Å². The fourth-order valence-electron chi connectivity index (χ4n) is 3.45. The molecule has 34 heavy (non-hydrogen) atoms. The summed E-state index contributed by atoms with van der Waals surface area (Å²) in [6.07, 6.45) is 1.55. The molecule has 2 aromatic heterocycles. The number of urea groups is 1. The highest BCUT2D eigenvalue weighted by Gasteiger charge is 2.32. The monoisotopic (exact) mass is 475 g/mol. The summed E-state index contributed by atoms with van der Waals surface area (Å²) in [6, 6.07) is 7.41. The summed E-state index contributed by atoms with van der Waals surface area (Å²) in [5.74, 6) is -0.121. The number of rotatable bonds is 7. The maximum absolute atomic E-state index is 13.4. The standard InChI is InChI=1S/C22H21F3N6O3/c23-22(24,25)15-9-17(27-19(32)8-14-4-3-5-14)11-18(10-15)28-21(33)29-20-13-31(30-34-20)12-16-6-1-2-7-26-16/h1-2,6-7,9-11,13-14H,3-5,8,12H2,(H2-,27,28,29,30,32,33)/p+1. The zero-order chi connectivity index (χ0) is 24.1. The van der Waals surface area contributed by atoms with Crippen molar-refractivity contribution < 1.29 is 32.0 Å². The predicted octanol–water partition coefficient (Wildman–Crippen LogP) is 4.20. The van der Waals surface area contributed by atoms with Gasteiger partial charge in [0.15, 0.2) is 0 Å². The van der Waals surface area contributed by atoms with Crippen LogP contribution in [0.5, 0.6) is 0 Å². The Kier molecular flexibility index (Phi) is 6.75. The Balaban J connectivity index is 1.41. The number of carbonyl (C=O) groups is 2. The van der Waals surface area contributed by atoms with Gasteiger partial charge < -0.3 is 10.6 Å². The van der Waals surface area contributed by atoms with Crippen LogP contribution in [0.15, 0.2) is 53.3 Å². The molecule has 0 unspecified atom stereocenters. The van der Waals surface area contributed by atoms with E-state index in [4.69, 9.17) is 4.52 Å². The molecule has 0 saturated heterocycles.